The Kier molecular flexibility index (Phi) is 8.97. The molecule has 1 saturated carbocycles. The van der Waals surface area contributed by atoms with Crippen LogP contribution in [0.5, 0.6) is 0 Å². The van der Waals surface area contributed by atoms with Crippen LogP contribution in [0.4, 0.5) is 8.78 Å². The van der Waals surface area contributed by atoms with E-state index in [0.717, 1.165) is 36.8 Å². The van der Waals surface area contributed by atoms with E-state index in [4.69, 9.17) is 15.2 Å². The lowest BCUT2D eigenvalue weighted by atomic mass is 9.72. The van der Waals surface area contributed by atoms with Gasteiger partial charge >= 0.3 is 0 Å². The van der Waals surface area contributed by atoms with E-state index in [1.54, 1.807) is 29.0 Å². The number of hydrogen-bond donors (Lipinski definition) is 2. The van der Waals surface area contributed by atoms with E-state index in [1.807, 2.05) is 12.3 Å². The molecule has 0 spiro atoms. The average Bonchev–Trinajstić information content (AvgIpc) is 3.40. The van der Waals surface area contributed by atoms with Crippen molar-refractivity contribution in [3.05, 3.63) is 83.1 Å². The number of nitrogens with one attached hydrogen (secondary N) is 1. The number of nitrogens with two attached hydrogens (primary N) is 1. The third-order valence-electron chi connectivity index (χ3n) is 8.85. The number of rotatable bonds is 8. The van der Waals surface area contributed by atoms with Crippen LogP contribution in [0, 0.1) is 17.6 Å². The zero-order valence-corrected chi connectivity index (χ0v) is 25.0. The Labute approximate surface area is 255 Å². The molecule has 1 aliphatic carbocycles. The highest BCUT2D eigenvalue weighted by molar-refractivity contribution is 5.73. The molecule has 1 amide bonds. The smallest absolute Gasteiger partial charge is 0.217 e. The van der Waals surface area contributed by atoms with Crippen molar-refractivity contribution in [2.45, 2.75) is 76.7 Å². The molecular weight excluding hydrogens is 566 g/mol. The monoisotopic (exact) mass is 604 g/mol. The second-order valence-electron chi connectivity index (χ2n) is 12.1. The zero-order chi connectivity index (χ0) is 30.8. The summed E-state index contributed by atoms with van der Waals surface area (Å²) in [6, 6.07) is 7.77. The van der Waals surface area contributed by atoms with Crippen molar-refractivity contribution in [2.75, 3.05) is 13.2 Å². The first-order valence-electron chi connectivity index (χ1n) is 15.2. The van der Waals surface area contributed by atoms with Crippen LogP contribution in [-0.4, -0.2) is 56.9 Å². The van der Waals surface area contributed by atoms with Gasteiger partial charge in [0.05, 0.1) is 35.7 Å². The minimum absolute atomic E-state index is 0.0255. The second-order valence-corrected chi connectivity index (χ2v) is 12.1. The molecule has 4 atom stereocenters. The number of aromatic nitrogens is 4. The molecule has 2 aliphatic rings. The minimum atomic E-state index is -0.695. The average molecular weight is 605 g/mol. The molecule has 4 aromatic rings. The number of hydrogen-bond acceptors (Lipinski definition) is 7. The Morgan fingerprint density at radius 2 is 1.91 bits per heavy atom. The third-order valence-corrected chi connectivity index (χ3v) is 8.85. The van der Waals surface area contributed by atoms with Gasteiger partial charge in [-0.2, -0.15) is 5.10 Å². The molecule has 0 bridgehead atoms. The number of amides is 1. The van der Waals surface area contributed by atoms with Crippen LogP contribution < -0.4 is 11.1 Å². The van der Waals surface area contributed by atoms with Gasteiger partial charge in [-0.1, -0.05) is 6.92 Å². The molecule has 1 aliphatic heterocycles. The molecule has 4 heterocycles. The van der Waals surface area contributed by atoms with Gasteiger partial charge in [0.15, 0.2) is 0 Å². The largest absolute Gasteiger partial charge is 0.381 e. The van der Waals surface area contributed by atoms with Crippen LogP contribution in [0.25, 0.3) is 16.8 Å². The van der Waals surface area contributed by atoms with Crippen molar-refractivity contribution in [3.8, 4) is 11.3 Å². The summed E-state index contributed by atoms with van der Waals surface area (Å²) >= 11 is 0. The summed E-state index contributed by atoms with van der Waals surface area (Å²) in [5, 5.41) is 7.64. The van der Waals surface area contributed by atoms with Gasteiger partial charge in [0, 0.05) is 51.0 Å². The standard InChI is InChI=1S/C33H38F2N6O3/c1-19-11-22(14-29(36)33(19)39-20(2)42)26-5-8-37-16-23(26)15-31-38-17-24-3-4-30(40-41(24)31)32-27(34)12-21(13-28(32)35)18-44-25-6-9-43-10-7-25/h3-5,8,12-13,16-17,19,22,25,29,33H,6-7,9-11,14-15,18,36H2,1-2H3,(H,39,42)/t19-,22+,29+,33-/m0/s1. The van der Waals surface area contributed by atoms with Crippen LogP contribution in [0.2, 0.25) is 0 Å². The van der Waals surface area contributed by atoms with Crippen LogP contribution in [0.1, 0.15) is 68.0 Å². The van der Waals surface area contributed by atoms with Gasteiger partial charge in [0.2, 0.25) is 5.91 Å². The summed E-state index contributed by atoms with van der Waals surface area (Å²) in [6.45, 7) is 5.02. The van der Waals surface area contributed by atoms with Crippen molar-refractivity contribution in [1.82, 2.24) is 24.9 Å². The highest BCUT2D eigenvalue weighted by Crippen LogP contribution is 2.37. The molecule has 1 saturated heterocycles. The van der Waals surface area contributed by atoms with Crippen molar-refractivity contribution in [2.24, 2.45) is 11.7 Å². The van der Waals surface area contributed by atoms with Crippen LogP contribution >= 0.6 is 0 Å². The van der Waals surface area contributed by atoms with Gasteiger partial charge < -0.3 is 20.5 Å². The Bertz CT molecular complexity index is 1600. The Balaban J connectivity index is 1.23. The van der Waals surface area contributed by atoms with Gasteiger partial charge in [-0.3, -0.25) is 9.78 Å². The third kappa shape index (κ3) is 6.50. The maximum Gasteiger partial charge on any atom is 0.217 e. The van der Waals surface area contributed by atoms with Gasteiger partial charge in [0.1, 0.15) is 17.5 Å². The van der Waals surface area contributed by atoms with E-state index < -0.39 is 11.6 Å². The summed E-state index contributed by atoms with van der Waals surface area (Å²) in [7, 11) is 0. The first-order chi connectivity index (χ1) is 21.3. The van der Waals surface area contributed by atoms with Crippen molar-refractivity contribution in [1.29, 1.82) is 0 Å². The van der Waals surface area contributed by atoms with E-state index in [9.17, 15) is 4.79 Å². The number of pyridine rings is 1. The van der Waals surface area contributed by atoms with Crippen molar-refractivity contribution >= 4 is 11.4 Å². The number of carbonyl (C=O) groups is 1. The van der Waals surface area contributed by atoms with Crippen LogP contribution in [0.3, 0.4) is 0 Å². The molecule has 9 nitrogen and oxygen atoms in total. The number of halogens is 2. The molecule has 3 aromatic heterocycles. The Morgan fingerprint density at radius 3 is 2.64 bits per heavy atom. The fraction of sp³-hybridized carbons (Fsp3) is 0.455. The number of nitrogens with zero attached hydrogens (tertiary/aromatic N) is 4. The molecule has 6 rings (SSSR count). The summed E-state index contributed by atoms with van der Waals surface area (Å²) in [5.41, 5.74) is 9.78. The first-order valence-corrected chi connectivity index (χ1v) is 15.2. The molecular formula is C33H38F2N6O3. The zero-order valence-electron chi connectivity index (χ0n) is 25.0. The van der Waals surface area contributed by atoms with E-state index in [2.05, 4.69) is 27.3 Å². The maximum atomic E-state index is 15.3. The number of benzene rings is 1. The molecule has 44 heavy (non-hydrogen) atoms. The fourth-order valence-electron chi connectivity index (χ4n) is 6.68. The summed E-state index contributed by atoms with van der Waals surface area (Å²) in [4.78, 5) is 20.7. The predicted molar refractivity (Wildman–Crippen MR) is 161 cm³/mol. The van der Waals surface area contributed by atoms with E-state index >= 15 is 8.78 Å². The molecule has 1 aromatic carbocycles. The lowest BCUT2D eigenvalue weighted by Crippen LogP contribution is -2.54. The Morgan fingerprint density at radius 1 is 1.14 bits per heavy atom. The molecule has 2 fully saturated rings. The number of fused-ring (bicyclic) bond motifs is 1. The van der Waals surface area contributed by atoms with Gasteiger partial charge in [0.25, 0.3) is 0 Å². The highest BCUT2D eigenvalue weighted by atomic mass is 19.1. The number of carbonyl (C=O) groups excluding carboxylic acids is 1. The summed E-state index contributed by atoms with van der Waals surface area (Å²) in [6.07, 6.45) is 8.90. The SMILES string of the molecule is CC(=O)N[C@@H]1[C@H](N)C[C@H](c2ccncc2Cc2ncc3ccc(-c4c(F)cc(COC5CCOCC5)cc4F)nn23)C[C@@H]1C. The first kappa shape index (κ1) is 30.2. The van der Waals surface area contributed by atoms with E-state index in [1.165, 1.54) is 19.1 Å². The lowest BCUT2D eigenvalue weighted by Gasteiger charge is -2.39. The molecule has 11 heteroatoms. The second kappa shape index (κ2) is 13.1. The van der Waals surface area contributed by atoms with Crippen molar-refractivity contribution < 1.29 is 23.0 Å². The summed E-state index contributed by atoms with van der Waals surface area (Å²) < 4.78 is 43.5. The normalized spacial score (nSPS) is 22.8. The molecule has 0 unspecified atom stereocenters. The highest BCUT2D eigenvalue weighted by Gasteiger charge is 2.35. The van der Waals surface area contributed by atoms with Gasteiger partial charge in [-0.25, -0.2) is 18.3 Å². The van der Waals surface area contributed by atoms with Crippen LogP contribution in [0.15, 0.2) is 48.9 Å². The Hall–Kier alpha value is -3.80. The molecule has 232 valence electrons. The van der Waals surface area contributed by atoms with Crippen LogP contribution in [-0.2, 0) is 27.3 Å². The quantitative estimate of drug-likeness (QED) is 0.300. The topological polar surface area (TPSA) is 117 Å². The van der Waals surface area contributed by atoms with Gasteiger partial charge in [-0.05, 0) is 84.5 Å². The lowest BCUT2D eigenvalue weighted by molar-refractivity contribution is -0.120. The minimum Gasteiger partial charge on any atom is -0.381 e. The fourth-order valence-corrected chi connectivity index (χ4v) is 6.68. The van der Waals surface area contributed by atoms with Crippen molar-refractivity contribution in [3.63, 3.8) is 0 Å². The predicted octanol–water partition coefficient (Wildman–Crippen LogP) is 4.70. The molecule has 0 radical (unpaired) electrons. The van der Waals surface area contributed by atoms with E-state index in [0.29, 0.717) is 36.5 Å². The molecule has 3 N–H and O–H groups in total. The van der Waals surface area contributed by atoms with E-state index in [-0.39, 0.29) is 53.8 Å². The number of imidazole rings is 1. The van der Waals surface area contributed by atoms with Gasteiger partial charge in [-0.15, -0.1) is 0 Å². The maximum absolute atomic E-state index is 15.3. The summed E-state index contributed by atoms with van der Waals surface area (Å²) in [5.74, 6) is -0.445. The number of ether oxygens (including phenoxy) is 2.